The Morgan fingerprint density at radius 3 is 2.47 bits per heavy atom. The minimum absolute atomic E-state index is 0.0522. The largest absolute Gasteiger partial charge is 0.477 e. The first-order valence-corrected chi connectivity index (χ1v) is 5.13. The molecule has 0 saturated heterocycles. The third-order valence-corrected chi connectivity index (χ3v) is 2.63. The number of aryl methyl sites for hydroxylation is 2. The molecule has 0 aliphatic rings. The van der Waals surface area contributed by atoms with Crippen molar-refractivity contribution in [1.29, 1.82) is 0 Å². The maximum atomic E-state index is 11.2. The van der Waals surface area contributed by atoms with E-state index in [0.717, 1.165) is 11.1 Å². The van der Waals surface area contributed by atoms with Gasteiger partial charge in [0.1, 0.15) is 17.1 Å². The van der Waals surface area contributed by atoms with Gasteiger partial charge in [-0.15, -0.1) is 0 Å². The van der Waals surface area contributed by atoms with E-state index in [4.69, 9.17) is 10.8 Å². The summed E-state index contributed by atoms with van der Waals surface area (Å²) in [6.07, 6.45) is 0. The average molecular weight is 231 g/mol. The molecule has 2 rings (SSSR count). The average Bonchev–Trinajstić information content (AvgIpc) is 2.56. The van der Waals surface area contributed by atoms with Crippen LogP contribution in [-0.2, 0) is 7.05 Å². The monoisotopic (exact) mass is 231 g/mol. The fourth-order valence-electron chi connectivity index (χ4n) is 1.66. The van der Waals surface area contributed by atoms with Crippen molar-refractivity contribution in [3.63, 3.8) is 0 Å². The van der Waals surface area contributed by atoms with Gasteiger partial charge in [-0.25, -0.2) is 4.79 Å². The fraction of sp³-hybridized carbons (Fsp3) is 0.167. The van der Waals surface area contributed by atoms with Gasteiger partial charge in [0.15, 0.2) is 0 Å². The summed E-state index contributed by atoms with van der Waals surface area (Å²) in [6, 6.07) is 7.49. The number of nitrogens with two attached hydrogens (primary N) is 1. The van der Waals surface area contributed by atoms with Gasteiger partial charge < -0.3 is 10.8 Å². The molecular weight excluding hydrogens is 218 g/mol. The Balaban J connectivity index is 2.63. The SMILES string of the molecule is Cc1ccc(-c2nn(C)c(N)c2C(=O)O)cc1. The molecule has 0 saturated carbocycles. The van der Waals surface area contributed by atoms with Crippen LogP contribution in [0.25, 0.3) is 11.3 Å². The third-order valence-electron chi connectivity index (χ3n) is 2.63. The van der Waals surface area contributed by atoms with Crippen LogP contribution in [0.4, 0.5) is 5.82 Å². The summed E-state index contributed by atoms with van der Waals surface area (Å²) >= 11 is 0. The molecule has 1 aromatic carbocycles. The van der Waals surface area contributed by atoms with Crippen LogP contribution in [0.2, 0.25) is 0 Å². The number of carbonyl (C=O) groups is 1. The van der Waals surface area contributed by atoms with E-state index in [9.17, 15) is 4.79 Å². The van der Waals surface area contributed by atoms with E-state index in [1.807, 2.05) is 31.2 Å². The highest BCUT2D eigenvalue weighted by Gasteiger charge is 2.21. The van der Waals surface area contributed by atoms with Crippen LogP contribution in [0.1, 0.15) is 15.9 Å². The summed E-state index contributed by atoms with van der Waals surface area (Å²) < 4.78 is 1.37. The van der Waals surface area contributed by atoms with Crippen molar-refractivity contribution < 1.29 is 9.90 Å². The van der Waals surface area contributed by atoms with Crippen molar-refractivity contribution >= 4 is 11.8 Å². The van der Waals surface area contributed by atoms with Crippen LogP contribution < -0.4 is 5.73 Å². The lowest BCUT2D eigenvalue weighted by molar-refractivity contribution is 0.0699. The number of aromatic carboxylic acids is 1. The van der Waals surface area contributed by atoms with Crippen LogP contribution in [0.15, 0.2) is 24.3 Å². The predicted molar refractivity (Wildman–Crippen MR) is 64.8 cm³/mol. The Morgan fingerprint density at radius 2 is 1.94 bits per heavy atom. The maximum Gasteiger partial charge on any atom is 0.341 e. The highest BCUT2D eigenvalue weighted by atomic mass is 16.4. The minimum Gasteiger partial charge on any atom is -0.477 e. The van der Waals surface area contributed by atoms with Gasteiger partial charge in [-0.3, -0.25) is 4.68 Å². The Hall–Kier alpha value is -2.30. The highest BCUT2D eigenvalue weighted by Crippen LogP contribution is 2.26. The standard InChI is InChI=1S/C12H13N3O2/c1-7-3-5-8(6-4-7)10-9(12(16)17)11(13)15(2)14-10/h3-6H,13H2,1-2H3,(H,16,17). The van der Waals surface area contributed by atoms with Gasteiger partial charge in [0.2, 0.25) is 0 Å². The minimum atomic E-state index is -1.06. The van der Waals surface area contributed by atoms with Crippen molar-refractivity contribution in [3.05, 3.63) is 35.4 Å². The topological polar surface area (TPSA) is 81.1 Å². The Morgan fingerprint density at radius 1 is 1.35 bits per heavy atom. The second kappa shape index (κ2) is 3.93. The second-order valence-corrected chi connectivity index (χ2v) is 3.90. The summed E-state index contributed by atoms with van der Waals surface area (Å²) in [6.45, 7) is 1.97. The van der Waals surface area contributed by atoms with E-state index < -0.39 is 5.97 Å². The first-order chi connectivity index (χ1) is 8.00. The quantitative estimate of drug-likeness (QED) is 0.823. The van der Waals surface area contributed by atoms with Crippen molar-refractivity contribution in [2.75, 3.05) is 5.73 Å². The zero-order chi connectivity index (χ0) is 12.6. The van der Waals surface area contributed by atoms with Crippen molar-refractivity contribution in [2.45, 2.75) is 6.92 Å². The zero-order valence-corrected chi connectivity index (χ0v) is 9.64. The summed E-state index contributed by atoms with van der Waals surface area (Å²) in [4.78, 5) is 11.2. The number of carboxylic acids is 1. The number of anilines is 1. The highest BCUT2D eigenvalue weighted by molar-refractivity contribution is 5.99. The lowest BCUT2D eigenvalue weighted by atomic mass is 10.1. The van der Waals surface area contributed by atoms with E-state index in [0.29, 0.717) is 5.69 Å². The number of hydrogen-bond donors (Lipinski definition) is 2. The molecule has 17 heavy (non-hydrogen) atoms. The zero-order valence-electron chi connectivity index (χ0n) is 9.64. The molecule has 0 fully saturated rings. The second-order valence-electron chi connectivity index (χ2n) is 3.90. The summed E-state index contributed by atoms with van der Waals surface area (Å²) in [5, 5.41) is 13.3. The van der Waals surface area contributed by atoms with Crippen molar-refractivity contribution in [1.82, 2.24) is 9.78 Å². The molecule has 0 aliphatic carbocycles. The number of rotatable bonds is 2. The molecule has 0 atom stereocenters. The normalized spacial score (nSPS) is 10.5. The van der Waals surface area contributed by atoms with Crippen LogP contribution in [0, 0.1) is 6.92 Å². The number of hydrogen-bond acceptors (Lipinski definition) is 3. The molecule has 88 valence electrons. The van der Waals surface area contributed by atoms with E-state index in [1.165, 1.54) is 4.68 Å². The summed E-state index contributed by atoms with van der Waals surface area (Å²) in [7, 11) is 1.62. The summed E-state index contributed by atoms with van der Waals surface area (Å²) in [5.41, 5.74) is 8.00. The molecule has 5 heteroatoms. The van der Waals surface area contributed by atoms with E-state index in [-0.39, 0.29) is 11.4 Å². The molecule has 0 radical (unpaired) electrons. The number of benzene rings is 1. The molecule has 5 nitrogen and oxygen atoms in total. The molecule has 2 aromatic rings. The van der Waals surface area contributed by atoms with Crippen LogP contribution in [-0.4, -0.2) is 20.9 Å². The molecule has 3 N–H and O–H groups in total. The van der Waals surface area contributed by atoms with Crippen LogP contribution >= 0.6 is 0 Å². The Labute approximate surface area is 98.5 Å². The van der Waals surface area contributed by atoms with Crippen molar-refractivity contribution in [2.24, 2.45) is 7.05 Å². The fourth-order valence-corrected chi connectivity index (χ4v) is 1.66. The number of nitrogen functional groups attached to an aromatic ring is 1. The lowest BCUT2D eigenvalue weighted by Crippen LogP contribution is -2.04. The van der Waals surface area contributed by atoms with Gasteiger partial charge in [-0.2, -0.15) is 5.10 Å². The Kier molecular flexibility index (Phi) is 2.59. The molecule has 0 bridgehead atoms. The number of aromatic nitrogens is 2. The molecule has 0 amide bonds. The Bertz CT molecular complexity index is 570. The van der Waals surface area contributed by atoms with E-state index >= 15 is 0 Å². The smallest absolute Gasteiger partial charge is 0.341 e. The number of carboxylic acid groups (broad SMARTS) is 1. The van der Waals surface area contributed by atoms with Crippen LogP contribution in [0.5, 0.6) is 0 Å². The van der Waals surface area contributed by atoms with E-state index in [1.54, 1.807) is 7.05 Å². The molecule has 1 aromatic heterocycles. The van der Waals surface area contributed by atoms with Gasteiger partial charge >= 0.3 is 5.97 Å². The molecule has 0 spiro atoms. The van der Waals surface area contributed by atoms with Gasteiger partial charge in [0, 0.05) is 12.6 Å². The first kappa shape index (κ1) is 11.2. The van der Waals surface area contributed by atoms with Gasteiger partial charge in [0.25, 0.3) is 0 Å². The van der Waals surface area contributed by atoms with Crippen LogP contribution in [0.3, 0.4) is 0 Å². The molecule has 0 unspecified atom stereocenters. The third kappa shape index (κ3) is 1.87. The van der Waals surface area contributed by atoms with Gasteiger partial charge in [-0.05, 0) is 6.92 Å². The predicted octanol–water partition coefficient (Wildman–Crippen LogP) is 1.68. The van der Waals surface area contributed by atoms with E-state index in [2.05, 4.69) is 5.10 Å². The maximum absolute atomic E-state index is 11.2. The lowest BCUT2D eigenvalue weighted by Gasteiger charge is -1.99. The van der Waals surface area contributed by atoms with Crippen molar-refractivity contribution in [3.8, 4) is 11.3 Å². The summed E-state index contributed by atoms with van der Waals surface area (Å²) in [5.74, 6) is -0.903. The number of nitrogens with zero attached hydrogens (tertiary/aromatic N) is 2. The molecule has 1 heterocycles. The first-order valence-electron chi connectivity index (χ1n) is 5.13. The molecule has 0 aliphatic heterocycles. The van der Waals surface area contributed by atoms with Gasteiger partial charge in [0.05, 0.1) is 0 Å². The van der Waals surface area contributed by atoms with Gasteiger partial charge in [-0.1, -0.05) is 29.8 Å². The molecular formula is C12H13N3O2.